The highest BCUT2D eigenvalue weighted by Crippen LogP contribution is 2.28. The Kier molecular flexibility index (Phi) is 6.64. The molecule has 0 aliphatic rings. The summed E-state index contributed by atoms with van der Waals surface area (Å²) in [5.74, 6) is 1.11. The number of hydrogen-bond acceptors (Lipinski definition) is 3. The van der Waals surface area contributed by atoms with Gasteiger partial charge in [0.05, 0.1) is 24.8 Å². The fraction of sp³-hybridized carbons (Fsp3) is 0.227. The second-order valence-corrected chi connectivity index (χ2v) is 6.33. The van der Waals surface area contributed by atoms with Gasteiger partial charge in [-0.25, -0.2) is 0 Å². The van der Waals surface area contributed by atoms with Gasteiger partial charge < -0.3 is 9.47 Å². The van der Waals surface area contributed by atoms with Gasteiger partial charge >= 0.3 is 0 Å². The number of ether oxygens (including phenoxy) is 2. The van der Waals surface area contributed by atoms with Crippen molar-refractivity contribution in [2.24, 2.45) is 0 Å². The second-order valence-electron chi connectivity index (χ2n) is 6.06. The third-order valence-corrected chi connectivity index (χ3v) is 4.40. The monoisotopic (exact) mass is 367 g/mol. The van der Waals surface area contributed by atoms with Crippen molar-refractivity contribution in [3.05, 3.63) is 94.8 Å². The van der Waals surface area contributed by atoms with Crippen LogP contribution in [0.25, 0.3) is 0 Å². The van der Waals surface area contributed by atoms with Gasteiger partial charge in [0.25, 0.3) is 0 Å². The van der Waals surface area contributed by atoms with E-state index in [0.717, 1.165) is 33.7 Å². The average Bonchev–Trinajstić information content (AvgIpc) is 2.69. The fourth-order valence-electron chi connectivity index (χ4n) is 2.72. The lowest BCUT2D eigenvalue weighted by Gasteiger charge is -2.16. The molecule has 0 N–H and O–H groups in total. The van der Waals surface area contributed by atoms with E-state index in [9.17, 15) is 0 Å². The van der Waals surface area contributed by atoms with Crippen LogP contribution in [0, 0.1) is 6.92 Å². The smallest absolute Gasteiger partial charge is 0.145 e. The lowest BCUT2D eigenvalue weighted by atomic mass is 10.1. The van der Waals surface area contributed by atoms with Crippen molar-refractivity contribution in [2.45, 2.75) is 32.6 Å². The summed E-state index contributed by atoms with van der Waals surface area (Å²) in [4.78, 5) is 4.46. The van der Waals surface area contributed by atoms with Crippen molar-refractivity contribution in [1.82, 2.24) is 4.98 Å². The number of pyridine rings is 1. The molecular weight excluding hydrogens is 346 g/mol. The molecule has 0 aliphatic carbocycles. The molecule has 0 saturated carbocycles. The summed E-state index contributed by atoms with van der Waals surface area (Å²) in [5, 5.41) is 0. The first-order valence-corrected chi connectivity index (χ1v) is 9.13. The Morgan fingerprint density at radius 2 is 1.46 bits per heavy atom. The van der Waals surface area contributed by atoms with Crippen molar-refractivity contribution in [2.75, 3.05) is 0 Å². The number of nitrogens with zero attached hydrogens (tertiary/aromatic N) is 1. The Bertz CT molecular complexity index is 822. The predicted molar refractivity (Wildman–Crippen MR) is 104 cm³/mol. The van der Waals surface area contributed by atoms with Gasteiger partial charge in [-0.05, 0) is 18.1 Å². The van der Waals surface area contributed by atoms with Crippen LogP contribution in [0.4, 0.5) is 0 Å². The van der Waals surface area contributed by atoms with E-state index in [0.29, 0.717) is 25.7 Å². The van der Waals surface area contributed by atoms with Gasteiger partial charge in [0, 0.05) is 17.3 Å². The molecule has 0 atom stereocenters. The average molecular weight is 368 g/mol. The molecule has 134 valence electrons. The number of benzene rings is 2. The Balaban J connectivity index is 1.70. The third kappa shape index (κ3) is 4.84. The maximum atomic E-state index is 6.22. The Morgan fingerprint density at radius 3 is 2.08 bits per heavy atom. The number of aromatic nitrogens is 1. The molecular formula is C22H22ClNO2. The van der Waals surface area contributed by atoms with Crippen LogP contribution >= 0.6 is 11.6 Å². The molecule has 3 nitrogen and oxygen atoms in total. The van der Waals surface area contributed by atoms with Gasteiger partial charge in [-0.2, -0.15) is 0 Å². The quantitative estimate of drug-likeness (QED) is 0.498. The summed E-state index contributed by atoms with van der Waals surface area (Å²) in [6.07, 6.45) is 1.83. The van der Waals surface area contributed by atoms with Crippen molar-refractivity contribution >= 4 is 11.6 Å². The van der Waals surface area contributed by atoms with Gasteiger partial charge in [0.1, 0.15) is 12.4 Å². The summed E-state index contributed by atoms with van der Waals surface area (Å²) >= 11 is 6.22. The lowest BCUT2D eigenvalue weighted by Crippen LogP contribution is -2.06. The summed E-state index contributed by atoms with van der Waals surface area (Å²) < 4.78 is 11.9. The molecule has 0 bridgehead atoms. The van der Waals surface area contributed by atoms with Gasteiger partial charge in [0.2, 0.25) is 0 Å². The van der Waals surface area contributed by atoms with E-state index in [-0.39, 0.29) is 0 Å². The Hall–Kier alpha value is -2.36. The third-order valence-electron chi connectivity index (χ3n) is 4.13. The van der Waals surface area contributed by atoms with Crippen molar-refractivity contribution in [3.8, 4) is 5.75 Å². The molecule has 0 spiro atoms. The van der Waals surface area contributed by atoms with Gasteiger partial charge in [-0.1, -0.05) is 60.7 Å². The summed E-state index contributed by atoms with van der Waals surface area (Å²) in [6, 6.07) is 20.2. The van der Waals surface area contributed by atoms with Gasteiger partial charge in [0.15, 0.2) is 0 Å². The zero-order valence-corrected chi connectivity index (χ0v) is 15.6. The number of rotatable bonds is 8. The molecule has 0 aliphatic heterocycles. The van der Waals surface area contributed by atoms with Crippen LogP contribution in [0.15, 0.2) is 66.9 Å². The molecule has 26 heavy (non-hydrogen) atoms. The largest absolute Gasteiger partial charge is 0.487 e. The SMILES string of the molecule is Cc1ncc(COCc2ccccc2)c(CCl)c1OCc1ccccc1. The minimum Gasteiger partial charge on any atom is -0.487 e. The molecule has 3 rings (SSSR count). The minimum atomic E-state index is 0.359. The number of halogens is 1. The van der Waals surface area contributed by atoms with Crippen LogP contribution in [0.3, 0.4) is 0 Å². The second kappa shape index (κ2) is 9.37. The first kappa shape index (κ1) is 18.4. The van der Waals surface area contributed by atoms with Crippen LogP contribution < -0.4 is 4.74 Å². The molecule has 0 fully saturated rings. The van der Waals surface area contributed by atoms with Crippen LogP contribution in [-0.2, 0) is 30.4 Å². The van der Waals surface area contributed by atoms with Gasteiger partial charge in [-0.3, -0.25) is 4.98 Å². The van der Waals surface area contributed by atoms with E-state index in [1.54, 1.807) is 0 Å². The highest BCUT2D eigenvalue weighted by Gasteiger charge is 2.14. The highest BCUT2D eigenvalue weighted by atomic mass is 35.5. The van der Waals surface area contributed by atoms with E-state index in [1.165, 1.54) is 0 Å². The normalized spacial score (nSPS) is 10.7. The molecule has 2 aromatic carbocycles. The van der Waals surface area contributed by atoms with Crippen molar-refractivity contribution < 1.29 is 9.47 Å². The maximum absolute atomic E-state index is 6.22. The molecule has 1 heterocycles. The van der Waals surface area contributed by atoms with Crippen LogP contribution in [0.2, 0.25) is 0 Å². The molecule has 0 saturated heterocycles. The lowest BCUT2D eigenvalue weighted by molar-refractivity contribution is 0.106. The molecule has 1 aromatic heterocycles. The van der Waals surface area contributed by atoms with Crippen LogP contribution in [0.1, 0.15) is 27.9 Å². The summed E-state index contributed by atoms with van der Waals surface area (Å²) in [6.45, 7) is 3.43. The predicted octanol–water partition coefficient (Wildman–Crippen LogP) is 5.42. The molecule has 0 unspecified atom stereocenters. The number of aryl methyl sites for hydroxylation is 1. The van der Waals surface area contributed by atoms with E-state index in [4.69, 9.17) is 21.1 Å². The number of alkyl halides is 1. The Labute approximate surface area is 159 Å². The fourth-order valence-corrected chi connectivity index (χ4v) is 3.01. The highest BCUT2D eigenvalue weighted by molar-refractivity contribution is 6.17. The zero-order chi connectivity index (χ0) is 18.2. The van der Waals surface area contributed by atoms with E-state index < -0.39 is 0 Å². The molecule has 0 amide bonds. The standard InChI is InChI=1S/C22H22ClNO2/c1-17-22(26-15-19-10-6-3-7-11-19)21(12-23)20(13-24-17)16-25-14-18-8-4-2-5-9-18/h2-11,13H,12,14-16H2,1H3. The first-order valence-electron chi connectivity index (χ1n) is 8.59. The maximum Gasteiger partial charge on any atom is 0.145 e. The van der Waals surface area contributed by atoms with Crippen molar-refractivity contribution in [3.63, 3.8) is 0 Å². The minimum absolute atomic E-state index is 0.359. The van der Waals surface area contributed by atoms with Crippen molar-refractivity contribution in [1.29, 1.82) is 0 Å². The van der Waals surface area contributed by atoms with E-state index >= 15 is 0 Å². The number of hydrogen-bond donors (Lipinski definition) is 0. The first-order chi connectivity index (χ1) is 12.8. The van der Waals surface area contributed by atoms with E-state index in [2.05, 4.69) is 4.98 Å². The van der Waals surface area contributed by atoms with Gasteiger partial charge in [-0.15, -0.1) is 11.6 Å². The summed E-state index contributed by atoms with van der Waals surface area (Å²) in [5.41, 5.74) is 5.00. The molecule has 3 aromatic rings. The zero-order valence-electron chi connectivity index (χ0n) is 14.8. The summed E-state index contributed by atoms with van der Waals surface area (Å²) in [7, 11) is 0. The molecule has 0 radical (unpaired) electrons. The van der Waals surface area contributed by atoms with Crippen LogP contribution in [-0.4, -0.2) is 4.98 Å². The topological polar surface area (TPSA) is 31.4 Å². The Morgan fingerprint density at radius 1 is 0.846 bits per heavy atom. The molecule has 4 heteroatoms. The van der Waals surface area contributed by atoms with Crippen LogP contribution in [0.5, 0.6) is 5.75 Å². The van der Waals surface area contributed by atoms with E-state index in [1.807, 2.05) is 73.8 Å².